The number of furan rings is 1. The number of hydrogen-bond acceptors (Lipinski definition) is 9. The first kappa shape index (κ1) is 16.0. The fourth-order valence-corrected chi connectivity index (χ4v) is 2.96. The first-order valence-electron chi connectivity index (χ1n) is 8.32. The molecule has 3 aromatic rings. The van der Waals surface area contributed by atoms with Crippen LogP contribution in [-0.2, 0) is 6.54 Å². The zero-order chi connectivity index (χ0) is 17.2. The Morgan fingerprint density at radius 2 is 2.04 bits per heavy atom. The van der Waals surface area contributed by atoms with Crippen LogP contribution < -0.4 is 0 Å². The van der Waals surface area contributed by atoms with Gasteiger partial charge in [-0.15, -0.1) is 10.2 Å². The van der Waals surface area contributed by atoms with Gasteiger partial charge in [0.15, 0.2) is 11.6 Å². The molecular formula is C16H20N6O3. The summed E-state index contributed by atoms with van der Waals surface area (Å²) >= 11 is 0. The highest BCUT2D eigenvalue weighted by Gasteiger charge is 2.26. The van der Waals surface area contributed by atoms with E-state index in [0.717, 1.165) is 26.2 Å². The van der Waals surface area contributed by atoms with E-state index in [1.165, 1.54) is 0 Å². The van der Waals surface area contributed by atoms with Crippen LogP contribution >= 0.6 is 0 Å². The van der Waals surface area contributed by atoms with Gasteiger partial charge in [0.2, 0.25) is 11.8 Å². The van der Waals surface area contributed by atoms with Crippen molar-refractivity contribution in [1.29, 1.82) is 0 Å². The van der Waals surface area contributed by atoms with Crippen LogP contribution in [0.2, 0.25) is 0 Å². The molecule has 1 fully saturated rings. The Labute approximate surface area is 144 Å². The highest BCUT2D eigenvalue weighted by Crippen LogP contribution is 2.22. The second-order valence-electron chi connectivity index (χ2n) is 6.15. The summed E-state index contributed by atoms with van der Waals surface area (Å²) in [6, 6.07) is 3.72. The molecule has 0 unspecified atom stereocenters. The third-order valence-electron chi connectivity index (χ3n) is 4.41. The van der Waals surface area contributed by atoms with E-state index in [2.05, 4.69) is 37.1 Å². The van der Waals surface area contributed by atoms with Crippen LogP contribution in [0.15, 0.2) is 31.8 Å². The van der Waals surface area contributed by atoms with Crippen LogP contribution in [0, 0.1) is 6.92 Å². The van der Waals surface area contributed by atoms with Crippen molar-refractivity contribution >= 4 is 0 Å². The first-order chi connectivity index (χ1) is 12.2. The SMILES string of the molecule is Cc1noc([C@@H](C)N2CCN(Cc3nnc(-c4ccco4)o3)CC2)n1. The zero-order valence-electron chi connectivity index (χ0n) is 14.3. The Balaban J connectivity index is 1.32. The summed E-state index contributed by atoms with van der Waals surface area (Å²) in [4.78, 5) is 8.96. The van der Waals surface area contributed by atoms with Gasteiger partial charge in [-0.25, -0.2) is 0 Å². The molecule has 0 aliphatic carbocycles. The van der Waals surface area contributed by atoms with E-state index in [9.17, 15) is 0 Å². The van der Waals surface area contributed by atoms with E-state index in [4.69, 9.17) is 13.4 Å². The molecule has 25 heavy (non-hydrogen) atoms. The lowest BCUT2D eigenvalue weighted by Crippen LogP contribution is -2.46. The Morgan fingerprint density at radius 1 is 1.20 bits per heavy atom. The molecule has 132 valence electrons. The molecule has 0 radical (unpaired) electrons. The molecule has 3 aromatic heterocycles. The van der Waals surface area contributed by atoms with E-state index in [0.29, 0.717) is 35.8 Å². The van der Waals surface area contributed by atoms with Gasteiger partial charge in [-0.1, -0.05) is 5.16 Å². The van der Waals surface area contributed by atoms with Gasteiger partial charge >= 0.3 is 0 Å². The van der Waals surface area contributed by atoms with Gasteiger partial charge in [0.05, 0.1) is 18.8 Å². The second kappa shape index (κ2) is 6.77. The lowest BCUT2D eigenvalue weighted by molar-refractivity contribution is 0.0799. The largest absolute Gasteiger partial charge is 0.459 e. The highest BCUT2D eigenvalue weighted by atomic mass is 16.5. The molecule has 0 aromatic carbocycles. The number of rotatable bonds is 5. The molecule has 4 rings (SSSR count). The Morgan fingerprint density at radius 3 is 2.72 bits per heavy atom. The second-order valence-corrected chi connectivity index (χ2v) is 6.15. The summed E-state index contributed by atoms with van der Waals surface area (Å²) in [5, 5.41) is 12.0. The van der Waals surface area contributed by atoms with Gasteiger partial charge < -0.3 is 13.4 Å². The Kier molecular flexibility index (Phi) is 4.33. The van der Waals surface area contributed by atoms with Crippen LogP contribution in [0.5, 0.6) is 0 Å². The molecule has 0 bridgehead atoms. The van der Waals surface area contributed by atoms with Crippen molar-refractivity contribution in [3.8, 4) is 11.7 Å². The molecule has 0 spiro atoms. The summed E-state index contributed by atoms with van der Waals surface area (Å²) in [5.41, 5.74) is 0. The van der Waals surface area contributed by atoms with Crippen molar-refractivity contribution in [2.24, 2.45) is 0 Å². The first-order valence-corrected chi connectivity index (χ1v) is 8.32. The molecule has 9 nitrogen and oxygen atoms in total. The molecule has 1 aliphatic rings. The minimum atomic E-state index is 0.123. The van der Waals surface area contributed by atoms with Crippen molar-refractivity contribution in [2.75, 3.05) is 26.2 Å². The minimum Gasteiger partial charge on any atom is -0.459 e. The summed E-state index contributed by atoms with van der Waals surface area (Å²) in [7, 11) is 0. The third-order valence-corrected chi connectivity index (χ3v) is 4.41. The van der Waals surface area contributed by atoms with Crippen LogP contribution in [-0.4, -0.2) is 56.3 Å². The van der Waals surface area contributed by atoms with Gasteiger partial charge in [0, 0.05) is 26.2 Å². The standard InChI is InChI=1S/C16H20N6O3/c1-11(15-17-12(2)20-25-15)22-7-5-21(6-8-22)10-14-18-19-16(24-14)13-4-3-9-23-13/h3-4,9,11H,5-8,10H2,1-2H3/t11-/m1/s1. The minimum absolute atomic E-state index is 0.123. The molecule has 0 N–H and O–H groups in total. The van der Waals surface area contributed by atoms with E-state index in [1.54, 1.807) is 18.4 Å². The molecule has 9 heteroatoms. The molecule has 1 saturated heterocycles. The van der Waals surface area contributed by atoms with E-state index >= 15 is 0 Å². The van der Waals surface area contributed by atoms with Crippen molar-refractivity contribution in [2.45, 2.75) is 26.4 Å². The summed E-state index contributed by atoms with van der Waals surface area (Å²) in [5.74, 6) is 2.95. The maximum Gasteiger partial charge on any atom is 0.283 e. The maximum absolute atomic E-state index is 5.67. The van der Waals surface area contributed by atoms with Gasteiger partial charge in [-0.2, -0.15) is 4.98 Å². The average molecular weight is 344 g/mol. The monoisotopic (exact) mass is 344 g/mol. The fraction of sp³-hybridized carbons (Fsp3) is 0.500. The van der Waals surface area contributed by atoms with Crippen molar-refractivity contribution in [3.63, 3.8) is 0 Å². The molecule has 0 amide bonds. The quantitative estimate of drug-likeness (QED) is 0.687. The van der Waals surface area contributed by atoms with E-state index in [-0.39, 0.29) is 6.04 Å². The topological polar surface area (TPSA) is 97.5 Å². The fourth-order valence-electron chi connectivity index (χ4n) is 2.96. The van der Waals surface area contributed by atoms with Gasteiger partial charge in [0.25, 0.3) is 5.89 Å². The van der Waals surface area contributed by atoms with Crippen LogP contribution in [0.1, 0.15) is 30.6 Å². The number of aryl methyl sites for hydroxylation is 1. The van der Waals surface area contributed by atoms with Crippen molar-refractivity contribution in [3.05, 3.63) is 36.0 Å². The van der Waals surface area contributed by atoms with Crippen molar-refractivity contribution in [1.82, 2.24) is 30.1 Å². The average Bonchev–Trinajstić information content (AvgIpc) is 3.36. The van der Waals surface area contributed by atoms with Crippen LogP contribution in [0.3, 0.4) is 0 Å². The van der Waals surface area contributed by atoms with Crippen LogP contribution in [0.4, 0.5) is 0 Å². The predicted molar refractivity (Wildman–Crippen MR) is 86.3 cm³/mol. The lowest BCUT2D eigenvalue weighted by Gasteiger charge is -2.36. The third kappa shape index (κ3) is 3.47. The number of nitrogens with zero attached hydrogens (tertiary/aromatic N) is 6. The van der Waals surface area contributed by atoms with Gasteiger partial charge in [-0.05, 0) is 26.0 Å². The molecule has 0 saturated carbocycles. The highest BCUT2D eigenvalue weighted by molar-refractivity contribution is 5.42. The van der Waals surface area contributed by atoms with Crippen LogP contribution in [0.25, 0.3) is 11.7 Å². The normalized spacial score (nSPS) is 17.8. The number of hydrogen-bond donors (Lipinski definition) is 0. The lowest BCUT2D eigenvalue weighted by atomic mass is 10.2. The predicted octanol–water partition coefficient (Wildman–Crippen LogP) is 1.90. The van der Waals surface area contributed by atoms with Gasteiger partial charge in [-0.3, -0.25) is 9.80 Å². The Hall–Kier alpha value is -2.52. The van der Waals surface area contributed by atoms with E-state index in [1.807, 2.05) is 6.92 Å². The Bertz CT molecular complexity index is 804. The summed E-state index contributed by atoms with van der Waals surface area (Å²) < 4.78 is 16.2. The molecule has 1 aliphatic heterocycles. The molecule has 1 atom stereocenters. The number of piperazine rings is 1. The van der Waals surface area contributed by atoms with E-state index < -0.39 is 0 Å². The smallest absolute Gasteiger partial charge is 0.283 e. The summed E-state index contributed by atoms with van der Waals surface area (Å²) in [6.07, 6.45) is 1.59. The van der Waals surface area contributed by atoms with Crippen molar-refractivity contribution < 1.29 is 13.4 Å². The molecule has 4 heterocycles. The zero-order valence-corrected chi connectivity index (χ0v) is 14.3. The molecular weight excluding hydrogens is 324 g/mol. The maximum atomic E-state index is 5.67. The summed E-state index contributed by atoms with van der Waals surface area (Å²) in [6.45, 7) is 8.22. The number of aromatic nitrogens is 4. The van der Waals surface area contributed by atoms with Gasteiger partial charge in [0.1, 0.15) is 0 Å².